The van der Waals surface area contributed by atoms with Crippen LogP contribution in [-0.4, -0.2) is 0 Å². The molecule has 14 heavy (non-hydrogen) atoms. The molecule has 0 amide bonds. The lowest BCUT2D eigenvalue weighted by Crippen LogP contribution is -1.88. The fourth-order valence-electron chi connectivity index (χ4n) is 1.84. The van der Waals surface area contributed by atoms with E-state index in [1.165, 1.54) is 12.8 Å². The van der Waals surface area contributed by atoms with Crippen molar-refractivity contribution in [3.63, 3.8) is 0 Å². The summed E-state index contributed by atoms with van der Waals surface area (Å²) in [6.45, 7) is 9.23. The zero-order valence-corrected chi connectivity index (χ0v) is 10.4. The van der Waals surface area contributed by atoms with Crippen molar-refractivity contribution < 1.29 is 0 Å². The minimum Gasteiger partial charge on any atom is -0.145 e. The van der Waals surface area contributed by atoms with Gasteiger partial charge in [-0.3, -0.25) is 0 Å². The molecule has 0 spiro atoms. The topological polar surface area (TPSA) is 0 Å². The van der Waals surface area contributed by atoms with Gasteiger partial charge >= 0.3 is 0 Å². The molecule has 0 nitrogen and oxygen atoms in total. The first-order valence-corrected chi connectivity index (χ1v) is 6.54. The van der Waals surface area contributed by atoms with Gasteiger partial charge in [-0.1, -0.05) is 27.7 Å². The van der Waals surface area contributed by atoms with E-state index in [0.29, 0.717) is 11.8 Å². The van der Waals surface area contributed by atoms with Gasteiger partial charge in [0.25, 0.3) is 0 Å². The lowest BCUT2D eigenvalue weighted by molar-refractivity contribution is 0.843. The summed E-state index contributed by atoms with van der Waals surface area (Å²) in [5.74, 6) is 2.32. The van der Waals surface area contributed by atoms with Crippen LogP contribution < -0.4 is 0 Å². The molecule has 1 aromatic heterocycles. The smallest absolute Gasteiger partial charge is 0.0114 e. The SMILES string of the molecule is CC(C)c1cc(C(C)C)c(C2CC2)s1. The molecular weight excluding hydrogens is 188 g/mol. The summed E-state index contributed by atoms with van der Waals surface area (Å²) >= 11 is 2.07. The van der Waals surface area contributed by atoms with Crippen molar-refractivity contribution in [2.75, 3.05) is 0 Å². The zero-order valence-electron chi connectivity index (χ0n) is 9.63. The maximum Gasteiger partial charge on any atom is 0.0114 e. The standard InChI is InChI=1S/C13H20S/c1-8(2)11-7-12(9(3)4)14-13(11)10-5-6-10/h7-10H,5-6H2,1-4H3. The van der Waals surface area contributed by atoms with Crippen molar-refractivity contribution in [2.45, 2.75) is 58.3 Å². The Labute approximate surface area is 91.4 Å². The van der Waals surface area contributed by atoms with Gasteiger partial charge in [-0.05, 0) is 42.2 Å². The van der Waals surface area contributed by atoms with Crippen LogP contribution in [0.3, 0.4) is 0 Å². The van der Waals surface area contributed by atoms with Gasteiger partial charge in [-0.2, -0.15) is 0 Å². The molecule has 1 heteroatoms. The summed E-state index contributed by atoms with van der Waals surface area (Å²) in [6.07, 6.45) is 2.86. The molecule has 1 saturated carbocycles. The highest BCUT2D eigenvalue weighted by atomic mass is 32.1. The first kappa shape index (κ1) is 10.2. The Morgan fingerprint density at radius 1 is 1.14 bits per heavy atom. The molecule has 1 aromatic rings. The molecule has 2 rings (SSSR count). The highest BCUT2D eigenvalue weighted by molar-refractivity contribution is 7.12. The molecule has 0 N–H and O–H groups in total. The number of hydrogen-bond acceptors (Lipinski definition) is 1. The first-order chi connectivity index (χ1) is 6.59. The van der Waals surface area contributed by atoms with Crippen LogP contribution in [0, 0.1) is 0 Å². The highest BCUT2D eigenvalue weighted by Crippen LogP contribution is 2.48. The number of thiophene rings is 1. The minimum atomic E-state index is 0.699. The van der Waals surface area contributed by atoms with Gasteiger partial charge in [-0.15, -0.1) is 11.3 Å². The number of rotatable bonds is 3. The summed E-state index contributed by atoms with van der Waals surface area (Å²) in [5, 5.41) is 0. The van der Waals surface area contributed by atoms with Crippen LogP contribution >= 0.6 is 11.3 Å². The molecule has 1 heterocycles. The number of hydrogen-bond donors (Lipinski definition) is 0. The van der Waals surface area contributed by atoms with Crippen LogP contribution in [0.2, 0.25) is 0 Å². The van der Waals surface area contributed by atoms with Crippen molar-refractivity contribution >= 4 is 11.3 Å². The molecule has 1 aliphatic carbocycles. The monoisotopic (exact) mass is 208 g/mol. The molecule has 0 aromatic carbocycles. The quantitative estimate of drug-likeness (QED) is 0.664. The Morgan fingerprint density at radius 3 is 2.21 bits per heavy atom. The van der Waals surface area contributed by atoms with E-state index < -0.39 is 0 Å². The van der Waals surface area contributed by atoms with Gasteiger partial charge in [0, 0.05) is 9.75 Å². The molecular formula is C13H20S. The highest BCUT2D eigenvalue weighted by Gasteiger charge is 2.29. The van der Waals surface area contributed by atoms with E-state index in [2.05, 4.69) is 45.1 Å². The normalized spacial score (nSPS) is 17.0. The van der Waals surface area contributed by atoms with Crippen molar-refractivity contribution in [3.8, 4) is 0 Å². The van der Waals surface area contributed by atoms with Crippen LogP contribution in [0.1, 0.15) is 73.6 Å². The average molecular weight is 208 g/mol. The van der Waals surface area contributed by atoms with Gasteiger partial charge in [0.2, 0.25) is 0 Å². The van der Waals surface area contributed by atoms with Gasteiger partial charge in [0.05, 0.1) is 0 Å². The van der Waals surface area contributed by atoms with Crippen molar-refractivity contribution in [1.82, 2.24) is 0 Å². The maximum absolute atomic E-state index is 2.45. The summed E-state index contributed by atoms with van der Waals surface area (Å²) < 4.78 is 0. The molecule has 1 aliphatic rings. The van der Waals surface area contributed by atoms with E-state index in [1.807, 2.05) is 0 Å². The first-order valence-electron chi connectivity index (χ1n) is 5.73. The van der Waals surface area contributed by atoms with Crippen LogP contribution in [0.4, 0.5) is 0 Å². The molecule has 78 valence electrons. The van der Waals surface area contributed by atoms with Crippen LogP contribution in [-0.2, 0) is 0 Å². The lowest BCUT2D eigenvalue weighted by atomic mass is 10.0. The third kappa shape index (κ3) is 1.88. The van der Waals surface area contributed by atoms with E-state index >= 15 is 0 Å². The maximum atomic E-state index is 2.45. The van der Waals surface area contributed by atoms with Crippen molar-refractivity contribution in [2.24, 2.45) is 0 Å². The third-order valence-electron chi connectivity index (χ3n) is 2.95. The summed E-state index contributed by atoms with van der Waals surface area (Å²) in [4.78, 5) is 3.28. The molecule has 1 fully saturated rings. The lowest BCUT2D eigenvalue weighted by Gasteiger charge is -2.04. The van der Waals surface area contributed by atoms with Gasteiger partial charge < -0.3 is 0 Å². The predicted octanol–water partition coefficient (Wildman–Crippen LogP) is 4.87. The average Bonchev–Trinajstić information content (AvgIpc) is 2.83. The Morgan fingerprint density at radius 2 is 1.79 bits per heavy atom. The fraction of sp³-hybridized carbons (Fsp3) is 0.692. The second-order valence-electron chi connectivity index (χ2n) is 5.05. The van der Waals surface area contributed by atoms with Crippen LogP contribution in [0.15, 0.2) is 6.07 Å². The summed E-state index contributed by atoms with van der Waals surface area (Å²) in [7, 11) is 0. The van der Waals surface area contributed by atoms with Crippen LogP contribution in [0.25, 0.3) is 0 Å². The van der Waals surface area contributed by atoms with E-state index in [9.17, 15) is 0 Å². The Balaban J connectivity index is 2.35. The third-order valence-corrected chi connectivity index (χ3v) is 4.56. The molecule has 0 bridgehead atoms. The predicted molar refractivity (Wildman–Crippen MR) is 64.5 cm³/mol. The van der Waals surface area contributed by atoms with E-state index in [4.69, 9.17) is 0 Å². The molecule has 0 radical (unpaired) electrons. The van der Waals surface area contributed by atoms with Gasteiger partial charge in [0.1, 0.15) is 0 Å². The largest absolute Gasteiger partial charge is 0.145 e. The Kier molecular flexibility index (Phi) is 2.70. The van der Waals surface area contributed by atoms with Crippen LogP contribution in [0.5, 0.6) is 0 Å². The zero-order chi connectivity index (χ0) is 10.3. The molecule has 0 aliphatic heterocycles. The van der Waals surface area contributed by atoms with E-state index in [1.54, 1.807) is 15.3 Å². The van der Waals surface area contributed by atoms with Crippen molar-refractivity contribution in [3.05, 3.63) is 21.4 Å². The Bertz CT molecular complexity index is 296. The second kappa shape index (κ2) is 3.69. The second-order valence-corrected chi connectivity index (χ2v) is 6.17. The molecule has 0 saturated heterocycles. The van der Waals surface area contributed by atoms with Gasteiger partial charge in [0.15, 0.2) is 0 Å². The fourth-order valence-corrected chi connectivity index (χ4v) is 3.33. The molecule has 0 unspecified atom stereocenters. The minimum absolute atomic E-state index is 0.699. The summed E-state index contributed by atoms with van der Waals surface area (Å²) in [6, 6.07) is 2.45. The van der Waals surface area contributed by atoms with E-state index in [0.717, 1.165) is 5.92 Å². The van der Waals surface area contributed by atoms with E-state index in [-0.39, 0.29) is 0 Å². The molecule has 0 atom stereocenters. The Hall–Kier alpha value is -0.300. The van der Waals surface area contributed by atoms with Gasteiger partial charge in [-0.25, -0.2) is 0 Å². The summed E-state index contributed by atoms with van der Waals surface area (Å²) in [5.41, 5.74) is 1.63. The van der Waals surface area contributed by atoms with Crippen molar-refractivity contribution in [1.29, 1.82) is 0 Å².